The lowest BCUT2D eigenvalue weighted by atomic mass is 10.2. The highest BCUT2D eigenvalue weighted by atomic mass is 16.4. The van der Waals surface area contributed by atoms with Gasteiger partial charge in [-0.2, -0.15) is 0 Å². The lowest BCUT2D eigenvalue weighted by Crippen LogP contribution is -2.21. The SMILES string of the molecule is Cc1nc(C(N)CN)c(C)o1. The van der Waals surface area contributed by atoms with E-state index in [1.54, 1.807) is 6.92 Å². The Morgan fingerprint density at radius 1 is 1.55 bits per heavy atom. The molecule has 0 fully saturated rings. The lowest BCUT2D eigenvalue weighted by molar-refractivity contribution is 0.491. The third-order valence-corrected chi connectivity index (χ3v) is 1.54. The highest BCUT2D eigenvalue weighted by Gasteiger charge is 2.12. The number of rotatable bonds is 2. The Kier molecular flexibility index (Phi) is 2.26. The molecule has 0 amide bonds. The second-order valence-electron chi connectivity index (χ2n) is 2.52. The van der Waals surface area contributed by atoms with Crippen LogP contribution < -0.4 is 11.5 Å². The first-order valence-electron chi connectivity index (χ1n) is 3.54. The van der Waals surface area contributed by atoms with Gasteiger partial charge in [0.2, 0.25) is 0 Å². The number of aryl methyl sites for hydroxylation is 2. The zero-order valence-corrected chi connectivity index (χ0v) is 6.79. The van der Waals surface area contributed by atoms with Gasteiger partial charge < -0.3 is 15.9 Å². The van der Waals surface area contributed by atoms with E-state index in [1.165, 1.54) is 0 Å². The molecule has 1 aromatic rings. The molecule has 0 saturated heterocycles. The second kappa shape index (κ2) is 3.02. The highest BCUT2D eigenvalue weighted by molar-refractivity contribution is 5.12. The van der Waals surface area contributed by atoms with Gasteiger partial charge in [0.1, 0.15) is 11.5 Å². The Morgan fingerprint density at radius 2 is 2.18 bits per heavy atom. The van der Waals surface area contributed by atoms with Crippen molar-refractivity contribution < 1.29 is 4.42 Å². The molecule has 1 rings (SSSR count). The van der Waals surface area contributed by atoms with Crippen LogP contribution in [0.1, 0.15) is 23.4 Å². The molecular formula is C7H13N3O. The van der Waals surface area contributed by atoms with Crippen molar-refractivity contribution in [1.29, 1.82) is 0 Å². The molecule has 1 atom stereocenters. The van der Waals surface area contributed by atoms with Crippen LogP contribution in [-0.2, 0) is 0 Å². The Hall–Kier alpha value is -0.870. The van der Waals surface area contributed by atoms with Gasteiger partial charge in [-0.15, -0.1) is 0 Å². The van der Waals surface area contributed by atoms with E-state index in [2.05, 4.69) is 4.98 Å². The van der Waals surface area contributed by atoms with E-state index in [1.807, 2.05) is 6.92 Å². The smallest absolute Gasteiger partial charge is 0.191 e. The fraction of sp³-hybridized carbons (Fsp3) is 0.571. The average molecular weight is 155 g/mol. The molecule has 4 nitrogen and oxygen atoms in total. The van der Waals surface area contributed by atoms with E-state index in [9.17, 15) is 0 Å². The molecule has 0 aromatic carbocycles. The summed E-state index contributed by atoms with van der Waals surface area (Å²) in [6.45, 7) is 4.03. The maximum atomic E-state index is 5.66. The second-order valence-corrected chi connectivity index (χ2v) is 2.52. The fourth-order valence-electron chi connectivity index (χ4n) is 1.00. The van der Waals surface area contributed by atoms with Crippen molar-refractivity contribution in [3.05, 3.63) is 17.3 Å². The van der Waals surface area contributed by atoms with E-state index in [0.717, 1.165) is 11.5 Å². The summed E-state index contributed by atoms with van der Waals surface area (Å²) in [5, 5.41) is 0. The highest BCUT2D eigenvalue weighted by Crippen LogP contribution is 2.14. The summed E-state index contributed by atoms with van der Waals surface area (Å²) in [6, 6.07) is -0.201. The maximum absolute atomic E-state index is 5.66. The first kappa shape index (κ1) is 8.23. The average Bonchev–Trinajstić information content (AvgIpc) is 2.28. The molecule has 1 aromatic heterocycles. The fourth-order valence-corrected chi connectivity index (χ4v) is 1.00. The van der Waals surface area contributed by atoms with E-state index in [4.69, 9.17) is 15.9 Å². The predicted molar refractivity (Wildman–Crippen MR) is 42.0 cm³/mol. The normalized spacial score (nSPS) is 13.5. The molecule has 0 spiro atoms. The molecule has 62 valence electrons. The van der Waals surface area contributed by atoms with Gasteiger partial charge >= 0.3 is 0 Å². The largest absolute Gasteiger partial charge is 0.446 e. The Balaban J connectivity index is 2.93. The summed E-state index contributed by atoms with van der Waals surface area (Å²) in [6.07, 6.45) is 0. The molecule has 1 unspecified atom stereocenters. The summed E-state index contributed by atoms with van der Waals surface area (Å²) in [5.74, 6) is 1.40. The summed E-state index contributed by atoms with van der Waals surface area (Å²) in [4.78, 5) is 4.11. The predicted octanol–water partition coefficient (Wildman–Crippen LogP) is 0.250. The van der Waals surface area contributed by atoms with Crippen LogP contribution in [0.5, 0.6) is 0 Å². The quantitative estimate of drug-likeness (QED) is 0.641. The first-order chi connectivity index (χ1) is 5.15. The zero-order chi connectivity index (χ0) is 8.43. The van der Waals surface area contributed by atoms with Crippen molar-refractivity contribution in [1.82, 2.24) is 4.98 Å². The van der Waals surface area contributed by atoms with Crippen molar-refractivity contribution in [2.24, 2.45) is 11.5 Å². The Labute approximate surface area is 65.6 Å². The Morgan fingerprint density at radius 3 is 2.55 bits per heavy atom. The molecule has 0 radical (unpaired) electrons. The van der Waals surface area contributed by atoms with E-state index >= 15 is 0 Å². The molecule has 0 bridgehead atoms. The number of hydrogen-bond donors (Lipinski definition) is 2. The number of nitrogens with two attached hydrogens (primary N) is 2. The number of nitrogens with zero attached hydrogens (tertiary/aromatic N) is 1. The van der Waals surface area contributed by atoms with Crippen LogP contribution in [0, 0.1) is 13.8 Å². The van der Waals surface area contributed by atoms with Crippen molar-refractivity contribution >= 4 is 0 Å². The van der Waals surface area contributed by atoms with E-state index < -0.39 is 0 Å². The minimum absolute atomic E-state index is 0.201. The molecule has 1 heterocycles. The van der Waals surface area contributed by atoms with E-state index in [0.29, 0.717) is 12.4 Å². The lowest BCUT2D eigenvalue weighted by Gasteiger charge is -2.03. The van der Waals surface area contributed by atoms with Crippen LogP contribution in [0.4, 0.5) is 0 Å². The van der Waals surface area contributed by atoms with Crippen molar-refractivity contribution in [2.45, 2.75) is 19.9 Å². The van der Waals surface area contributed by atoms with Crippen LogP contribution >= 0.6 is 0 Å². The molecule has 0 aliphatic heterocycles. The topological polar surface area (TPSA) is 78.1 Å². The number of aromatic nitrogens is 1. The van der Waals surface area contributed by atoms with Gasteiger partial charge in [0.15, 0.2) is 5.89 Å². The number of oxazole rings is 1. The minimum Gasteiger partial charge on any atom is -0.446 e. The third-order valence-electron chi connectivity index (χ3n) is 1.54. The molecule has 4 N–H and O–H groups in total. The van der Waals surface area contributed by atoms with Crippen LogP contribution in [0.2, 0.25) is 0 Å². The van der Waals surface area contributed by atoms with Gasteiger partial charge in [-0.1, -0.05) is 0 Å². The summed E-state index contributed by atoms with van der Waals surface area (Å²) >= 11 is 0. The van der Waals surface area contributed by atoms with Gasteiger partial charge in [0, 0.05) is 13.5 Å². The van der Waals surface area contributed by atoms with Crippen LogP contribution in [0.25, 0.3) is 0 Å². The molecular weight excluding hydrogens is 142 g/mol. The first-order valence-corrected chi connectivity index (χ1v) is 3.54. The Bertz CT molecular complexity index is 244. The van der Waals surface area contributed by atoms with Crippen LogP contribution in [0.15, 0.2) is 4.42 Å². The van der Waals surface area contributed by atoms with Gasteiger partial charge in [0.25, 0.3) is 0 Å². The van der Waals surface area contributed by atoms with Gasteiger partial charge in [0.05, 0.1) is 6.04 Å². The molecule has 0 aliphatic carbocycles. The van der Waals surface area contributed by atoms with Crippen molar-refractivity contribution in [2.75, 3.05) is 6.54 Å². The zero-order valence-electron chi connectivity index (χ0n) is 6.79. The summed E-state index contributed by atoms with van der Waals surface area (Å²) in [7, 11) is 0. The van der Waals surface area contributed by atoms with Gasteiger partial charge in [-0.05, 0) is 6.92 Å². The molecule has 0 saturated carbocycles. The number of hydrogen-bond acceptors (Lipinski definition) is 4. The maximum Gasteiger partial charge on any atom is 0.191 e. The molecule has 0 aliphatic rings. The summed E-state index contributed by atoms with van der Waals surface area (Å²) in [5.41, 5.74) is 11.8. The van der Waals surface area contributed by atoms with Gasteiger partial charge in [-0.25, -0.2) is 4.98 Å². The summed E-state index contributed by atoms with van der Waals surface area (Å²) < 4.78 is 5.19. The van der Waals surface area contributed by atoms with Gasteiger partial charge in [-0.3, -0.25) is 0 Å². The van der Waals surface area contributed by atoms with E-state index in [-0.39, 0.29) is 6.04 Å². The molecule has 11 heavy (non-hydrogen) atoms. The van der Waals surface area contributed by atoms with Crippen molar-refractivity contribution in [3.63, 3.8) is 0 Å². The minimum atomic E-state index is -0.201. The molecule has 4 heteroatoms. The standard InChI is InChI=1S/C7H13N3O/c1-4-7(6(9)3-8)10-5(2)11-4/h6H,3,8-9H2,1-2H3. The van der Waals surface area contributed by atoms with Crippen LogP contribution in [-0.4, -0.2) is 11.5 Å². The monoisotopic (exact) mass is 155 g/mol. The third kappa shape index (κ3) is 1.58. The van der Waals surface area contributed by atoms with Crippen molar-refractivity contribution in [3.8, 4) is 0 Å². The van der Waals surface area contributed by atoms with Crippen LogP contribution in [0.3, 0.4) is 0 Å².